The van der Waals surface area contributed by atoms with Gasteiger partial charge < -0.3 is 15.2 Å². The van der Waals surface area contributed by atoms with Crippen LogP contribution in [-0.4, -0.2) is 25.0 Å². The zero-order valence-electron chi connectivity index (χ0n) is 7.00. The van der Waals surface area contributed by atoms with Gasteiger partial charge in [-0.1, -0.05) is 0 Å². The first kappa shape index (κ1) is 11.2. The van der Waals surface area contributed by atoms with Gasteiger partial charge in [-0.15, -0.1) is 12.4 Å². The van der Waals surface area contributed by atoms with Crippen LogP contribution in [0.2, 0.25) is 0 Å². The van der Waals surface area contributed by atoms with Crippen molar-refractivity contribution in [2.45, 2.75) is 32.1 Å². The molecular formula is C7H16ClNO2. The van der Waals surface area contributed by atoms with Crippen LogP contribution in [0.5, 0.6) is 0 Å². The summed E-state index contributed by atoms with van der Waals surface area (Å²) in [6.45, 7) is 5.28. The van der Waals surface area contributed by atoms with Crippen LogP contribution in [0.1, 0.15) is 20.3 Å². The molecule has 1 atom stereocenters. The molecule has 0 aromatic heterocycles. The molecule has 0 spiro atoms. The first-order valence-electron chi connectivity index (χ1n) is 3.66. The Bertz CT molecular complexity index is 113. The number of hydrogen-bond donors (Lipinski definition) is 1. The normalized spacial score (nSPS) is 24.3. The van der Waals surface area contributed by atoms with Gasteiger partial charge in [0.1, 0.15) is 0 Å². The van der Waals surface area contributed by atoms with Crippen molar-refractivity contribution >= 4 is 12.4 Å². The molecule has 0 aromatic rings. The highest BCUT2D eigenvalue weighted by Crippen LogP contribution is 2.23. The van der Waals surface area contributed by atoms with E-state index in [1.165, 1.54) is 0 Å². The number of hydrogen-bond acceptors (Lipinski definition) is 3. The van der Waals surface area contributed by atoms with Gasteiger partial charge in [0, 0.05) is 12.5 Å². The van der Waals surface area contributed by atoms with E-state index in [1.54, 1.807) is 0 Å². The summed E-state index contributed by atoms with van der Waals surface area (Å²) in [5, 5.41) is 0. The molecule has 1 aliphatic rings. The molecule has 3 nitrogen and oxygen atoms in total. The topological polar surface area (TPSA) is 44.5 Å². The summed E-state index contributed by atoms with van der Waals surface area (Å²) in [7, 11) is 0. The monoisotopic (exact) mass is 181 g/mol. The molecule has 68 valence electrons. The maximum Gasteiger partial charge on any atom is 0.167 e. The third-order valence-corrected chi connectivity index (χ3v) is 1.59. The molecule has 1 rings (SSSR count). The molecule has 11 heavy (non-hydrogen) atoms. The summed E-state index contributed by atoms with van der Waals surface area (Å²) in [6.07, 6.45) is 0.771. The molecule has 2 N–H and O–H groups in total. The van der Waals surface area contributed by atoms with Gasteiger partial charge in [-0.3, -0.25) is 0 Å². The summed E-state index contributed by atoms with van der Waals surface area (Å²) < 4.78 is 10.7. The van der Waals surface area contributed by atoms with Crippen LogP contribution in [0.15, 0.2) is 0 Å². The second-order valence-electron chi connectivity index (χ2n) is 3.01. The van der Waals surface area contributed by atoms with Crippen molar-refractivity contribution in [3.63, 3.8) is 0 Å². The molecule has 1 fully saturated rings. The lowest BCUT2D eigenvalue weighted by Crippen LogP contribution is -2.33. The summed E-state index contributed by atoms with van der Waals surface area (Å²) in [5.74, 6) is -0.409. The zero-order chi connectivity index (χ0) is 7.61. The van der Waals surface area contributed by atoms with Crippen molar-refractivity contribution < 1.29 is 9.47 Å². The van der Waals surface area contributed by atoms with E-state index >= 15 is 0 Å². The largest absolute Gasteiger partial charge is 0.348 e. The maximum absolute atomic E-state index is 5.60. The van der Waals surface area contributed by atoms with Crippen LogP contribution in [-0.2, 0) is 9.47 Å². The summed E-state index contributed by atoms with van der Waals surface area (Å²) >= 11 is 0. The van der Waals surface area contributed by atoms with Crippen molar-refractivity contribution in [3.05, 3.63) is 0 Å². The Morgan fingerprint density at radius 3 is 2.27 bits per heavy atom. The van der Waals surface area contributed by atoms with Crippen LogP contribution in [0.4, 0.5) is 0 Å². The van der Waals surface area contributed by atoms with Gasteiger partial charge in [0.2, 0.25) is 0 Å². The van der Waals surface area contributed by atoms with E-state index in [4.69, 9.17) is 15.2 Å². The van der Waals surface area contributed by atoms with E-state index in [1.807, 2.05) is 13.8 Å². The highest BCUT2D eigenvalue weighted by atomic mass is 35.5. The molecule has 1 aliphatic heterocycles. The van der Waals surface area contributed by atoms with Gasteiger partial charge >= 0.3 is 0 Å². The molecule has 0 bridgehead atoms. The van der Waals surface area contributed by atoms with Crippen LogP contribution in [0.25, 0.3) is 0 Å². The van der Waals surface area contributed by atoms with Crippen LogP contribution in [0.3, 0.4) is 0 Å². The van der Waals surface area contributed by atoms with Gasteiger partial charge in [-0.05, 0) is 13.8 Å². The van der Waals surface area contributed by atoms with E-state index in [0.29, 0.717) is 13.2 Å². The minimum atomic E-state index is -0.409. The van der Waals surface area contributed by atoms with Crippen molar-refractivity contribution in [1.82, 2.24) is 0 Å². The first-order chi connectivity index (χ1) is 4.62. The molecular weight excluding hydrogens is 166 g/mol. The van der Waals surface area contributed by atoms with E-state index in [0.717, 1.165) is 6.42 Å². The second kappa shape index (κ2) is 4.26. The van der Waals surface area contributed by atoms with Crippen molar-refractivity contribution in [3.8, 4) is 0 Å². The fraction of sp³-hybridized carbons (Fsp3) is 1.00. The Hall–Kier alpha value is 0.170. The van der Waals surface area contributed by atoms with Crippen molar-refractivity contribution in [1.29, 1.82) is 0 Å². The fourth-order valence-corrected chi connectivity index (χ4v) is 1.26. The first-order valence-corrected chi connectivity index (χ1v) is 3.66. The minimum absolute atomic E-state index is 0. The predicted octanol–water partition coefficient (Wildman–Crippen LogP) is 0.909. The number of nitrogens with two attached hydrogens (primary N) is 1. The highest BCUT2D eigenvalue weighted by molar-refractivity contribution is 5.85. The molecule has 1 unspecified atom stereocenters. The maximum atomic E-state index is 5.60. The molecule has 0 radical (unpaired) electrons. The van der Waals surface area contributed by atoms with Gasteiger partial charge in [0.15, 0.2) is 5.79 Å². The van der Waals surface area contributed by atoms with Gasteiger partial charge in [0.25, 0.3) is 0 Å². The van der Waals surface area contributed by atoms with E-state index in [9.17, 15) is 0 Å². The highest BCUT2D eigenvalue weighted by Gasteiger charge is 2.31. The minimum Gasteiger partial charge on any atom is -0.348 e. The van der Waals surface area contributed by atoms with Crippen LogP contribution >= 0.6 is 12.4 Å². The molecule has 4 heteroatoms. The van der Waals surface area contributed by atoms with Crippen LogP contribution < -0.4 is 5.73 Å². The molecule has 0 saturated carbocycles. The smallest absolute Gasteiger partial charge is 0.167 e. The fourth-order valence-electron chi connectivity index (χ4n) is 1.26. The quantitative estimate of drug-likeness (QED) is 0.689. The van der Waals surface area contributed by atoms with Gasteiger partial charge in [-0.25, -0.2) is 0 Å². The Labute approximate surface area is 73.6 Å². The SMILES string of the molecule is CC(N)CC1(C)OCCO1.Cl. The third kappa shape index (κ3) is 3.38. The molecule has 1 saturated heterocycles. The van der Waals surface area contributed by atoms with Crippen LogP contribution in [0, 0.1) is 0 Å². The third-order valence-electron chi connectivity index (χ3n) is 1.59. The summed E-state index contributed by atoms with van der Waals surface area (Å²) in [5.41, 5.74) is 5.60. The lowest BCUT2D eigenvalue weighted by molar-refractivity contribution is -0.148. The number of rotatable bonds is 2. The lowest BCUT2D eigenvalue weighted by Gasteiger charge is -2.23. The number of halogens is 1. The average Bonchev–Trinajstić information content (AvgIpc) is 2.12. The van der Waals surface area contributed by atoms with E-state index in [2.05, 4.69) is 0 Å². The molecule has 0 amide bonds. The molecule has 1 heterocycles. The Balaban J connectivity index is 0.000001000. The Kier molecular flexibility index (Phi) is 4.32. The predicted molar refractivity (Wildman–Crippen MR) is 45.8 cm³/mol. The lowest BCUT2D eigenvalue weighted by atomic mass is 10.1. The van der Waals surface area contributed by atoms with Crippen molar-refractivity contribution in [2.75, 3.05) is 13.2 Å². The van der Waals surface area contributed by atoms with Gasteiger partial charge in [0.05, 0.1) is 13.2 Å². The van der Waals surface area contributed by atoms with Crippen molar-refractivity contribution in [2.24, 2.45) is 5.73 Å². The standard InChI is InChI=1S/C7H15NO2.ClH/c1-6(8)5-7(2)9-3-4-10-7;/h6H,3-5,8H2,1-2H3;1H. The zero-order valence-corrected chi connectivity index (χ0v) is 7.82. The van der Waals surface area contributed by atoms with E-state index < -0.39 is 5.79 Å². The van der Waals surface area contributed by atoms with Gasteiger partial charge in [-0.2, -0.15) is 0 Å². The van der Waals surface area contributed by atoms with E-state index in [-0.39, 0.29) is 18.4 Å². The second-order valence-corrected chi connectivity index (χ2v) is 3.01. The average molecular weight is 182 g/mol. The molecule has 0 aromatic carbocycles. The Morgan fingerprint density at radius 2 is 1.91 bits per heavy atom. The number of ether oxygens (including phenoxy) is 2. The summed E-state index contributed by atoms with van der Waals surface area (Å²) in [6, 6.07) is 0.142. The molecule has 0 aliphatic carbocycles. The Morgan fingerprint density at radius 1 is 1.45 bits per heavy atom. The summed E-state index contributed by atoms with van der Waals surface area (Å²) in [4.78, 5) is 0.